The van der Waals surface area contributed by atoms with Crippen LogP contribution >= 0.6 is 0 Å². The zero-order valence-corrected chi connectivity index (χ0v) is 8.16. The predicted octanol–water partition coefficient (Wildman–Crippen LogP) is 2.22. The lowest BCUT2D eigenvalue weighted by atomic mass is 10.1. The van der Waals surface area contributed by atoms with E-state index in [1.54, 1.807) is 6.92 Å². The number of ether oxygens (including phenoxy) is 2. The van der Waals surface area contributed by atoms with Gasteiger partial charge in [-0.1, -0.05) is 12.8 Å². The molecule has 0 radical (unpaired) electrons. The Morgan fingerprint density at radius 3 is 2.92 bits per heavy atom. The van der Waals surface area contributed by atoms with E-state index in [4.69, 9.17) is 14.7 Å². The predicted molar refractivity (Wildman–Crippen MR) is 49.0 cm³/mol. The zero-order chi connectivity index (χ0) is 9.52. The van der Waals surface area contributed by atoms with Crippen molar-refractivity contribution in [2.75, 3.05) is 6.61 Å². The van der Waals surface area contributed by atoms with Crippen LogP contribution in [0.3, 0.4) is 0 Å². The monoisotopic (exact) mass is 183 g/mol. The lowest BCUT2D eigenvalue weighted by Gasteiger charge is -2.21. The van der Waals surface area contributed by atoms with Crippen LogP contribution in [0.25, 0.3) is 0 Å². The molecule has 0 saturated carbocycles. The maximum absolute atomic E-state index is 8.56. The fourth-order valence-electron chi connectivity index (χ4n) is 1.43. The quantitative estimate of drug-likeness (QED) is 0.659. The second kappa shape index (κ2) is 5.95. The number of hydrogen-bond acceptors (Lipinski definition) is 3. The van der Waals surface area contributed by atoms with Gasteiger partial charge >= 0.3 is 0 Å². The first-order valence-electron chi connectivity index (χ1n) is 4.99. The van der Waals surface area contributed by atoms with Crippen LogP contribution in [-0.2, 0) is 9.47 Å². The Morgan fingerprint density at radius 1 is 1.38 bits per heavy atom. The maximum atomic E-state index is 8.56. The van der Waals surface area contributed by atoms with Crippen LogP contribution in [0, 0.1) is 11.3 Å². The molecule has 1 rings (SSSR count). The molecule has 1 saturated heterocycles. The smallest absolute Gasteiger partial charge is 0.159 e. The van der Waals surface area contributed by atoms with Crippen molar-refractivity contribution in [1.82, 2.24) is 0 Å². The Hall–Kier alpha value is -0.590. The molecule has 2 unspecified atom stereocenters. The maximum Gasteiger partial charge on any atom is 0.159 e. The van der Waals surface area contributed by atoms with Gasteiger partial charge in [-0.05, 0) is 26.2 Å². The summed E-state index contributed by atoms with van der Waals surface area (Å²) in [5, 5.41) is 8.56. The highest BCUT2D eigenvalue weighted by atomic mass is 16.7. The van der Waals surface area contributed by atoms with Crippen molar-refractivity contribution in [3.63, 3.8) is 0 Å². The van der Waals surface area contributed by atoms with Crippen molar-refractivity contribution in [3.05, 3.63) is 0 Å². The molecule has 1 heterocycles. The lowest BCUT2D eigenvalue weighted by Crippen LogP contribution is -2.23. The summed E-state index contributed by atoms with van der Waals surface area (Å²) in [4.78, 5) is 0. The van der Waals surface area contributed by atoms with Crippen LogP contribution in [0.4, 0.5) is 0 Å². The first kappa shape index (κ1) is 10.5. The van der Waals surface area contributed by atoms with Gasteiger partial charge in [-0.15, -0.1) is 0 Å². The number of nitrogens with zero attached hydrogens (tertiary/aromatic N) is 1. The summed E-state index contributed by atoms with van der Waals surface area (Å²) in [6, 6.07) is 2.05. The zero-order valence-electron chi connectivity index (χ0n) is 8.16. The van der Waals surface area contributed by atoms with Crippen molar-refractivity contribution in [3.8, 4) is 6.07 Å². The molecule has 3 heteroatoms. The van der Waals surface area contributed by atoms with Gasteiger partial charge < -0.3 is 9.47 Å². The largest absolute Gasteiger partial charge is 0.353 e. The summed E-state index contributed by atoms with van der Waals surface area (Å²) in [7, 11) is 0. The second-order valence-corrected chi connectivity index (χ2v) is 3.41. The molecule has 0 aromatic rings. The summed E-state index contributed by atoms with van der Waals surface area (Å²) < 4.78 is 10.9. The number of nitriles is 1. The summed E-state index contributed by atoms with van der Waals surface area (Å²) in [6.45, 7) is 2.52. The molecule has 0 aliphatic carbocycles. The van der Waals surface area contributed by atoms with E-state index in [9.17, 15) is 0 Å². The molecule has 0 amide bonds. The van der Waals surface area contributed by atoms with E-state index < -0.39 is 0 Å². The van der Waals surface area contributed by atoms with Crippen molar-refractivity contribution in [1.29, 1.82) is 5.26 Å². The van der Waals surface area contributed by atoms with E-state index in [-0.39, 0.29) is 12.4 Å². The van der Waals surface area contributed by atoms with Gasteiger partial charge in [0.2, 0.25) is 0 Å². The molecule has 0 N–H and O–H groups in total. The molecule has 74 valence electrons. The third kappa shape index (κ3) is 4.25. The fourth-order valence-corrected chi connectivity index (χ4v) is 1.43. The van der Waals surface area contributed by atoms with Gasteiger partial charge in [0.15, 0.2) is 6.29 Å². The minimum absolute atomic E-state index is 0.157. The standard InChI is InChI=1S/C10H17NO2/c1-9(8-11)13-10-6-4-2-3-5-7-12-10/h9-10H,2-7H2,1H3. The van der Waals surface area contributed by atoms with Gasteiger partial charge in [0, 0.05) is 6.61 Å². The molecule has 1 aliphatic heterocycles. The number of hydrogen-bond donors (Lipinski definition) is 0. The van der Waals surface area contributed by atoms with Gasteiger partial charge in [0.25, 0.3) is 0 Å². The van der Waals surface area contributed by atoms with Gasteiger partial charge in [-0.2, -0.15) is 5.26 Å². The van der Waals surface area contributed by atoms with Gasteiger partial charge in [-0.3, -0.25) is 0 Å². The molecule has 0 bridgehead atoms. The van der Waals surface area contributed by atoms with Crippen LogP contribution in [-0.4, -0.2) is 19.0 Å². The fraction of sp³-hybridized carbons (Fsp3) is 0.900. The van der Waals surface area contributed by atoms with Crippen LogP contribution in [0.5, 0.6) is 0 Å². The van der Waals surface area contributed by atoms with Crippen molar-refractivity contribution < 1.29 is 9.47 Å². The highest BCUT2D eigenvalue weighted by Crippen LogP contribution is 2.15. The Balaban J connectivity index is 2.26. The molecule has 13 heavy (non-hydrogen) atoms. The van der Waals surface area contributed by atoms with E-state index in [1.165, 1.54) is 12.8 Å². The SMILES string of the molecule is CC(C#N)OC1CCCCCCO1. The first-order chi connectivity index (χ1) is 6.33. The second-order valence-electron chi connectivity index (χ2n) is 3.41. The average molecular weight is 183 g/mol. The molecule has 0 aromatic carbocycles. The van der Waals surface area contributed by atoms with Crippen LogP contribution in [0.2, 0.25) is 0 Å². The van der Waals surface area contributed by atoms with Crippen molar-refractivity contribution >= 4 is 0 Å². The highest BCUT2D eigenvalue weighted by molar-refractivity contribution is 4.79. The topological polar surface area (TPSA) is 42.2 Å². The van der Waals surface area contributed by atoms with Gasteiger partial charge in [-0.25, -0.2) is 0 Å². The summed E-state index contributed by atoms with van der Waals surface area (Å²) in [6.07, 6.45) is 5.17. The van der Waals surface area contributed by atoms with E-state index in [0.29, 0.717) is 0 Å². The van der Waals surface area contributed by atoms with E-state index in [0.717, 1.165) is 25.9 Å². The van der Waals surface area contributed by atoms with Crippen LogP contribution in [0.15, 0.2) is 0 Å². The van der Waals surface area contributed by atoms with Crippen molar-refractivity contribution in [2.45, 2.75) is 51.4 Å². The molecular formula is C10H17NO2. The Kier molecular flexibility index (Phi) is 4.81. The minimum Gasteiger partial charge on any atom is -0.353 e. The summed E-state index contributed by atoms with van der Waals surface area (Å²) in [5.74, 6) is 0. The number of rotatable bonds is 2. The minimum atomic E-state index is -0.357. The van der Waals surface area contributed by atoms with Gasteiger partial charge in [0.05, 0.1) is 6.07 Å². The summed E-state index contributed by atoms with van der Waals surface area (Å²) in [5.41, 5.74) is 0. The average Bonchev–Trinajstić information content (AvgIpc) is 2.09. The molecule has 3 nitrogen and oxygen atoms in total. The normalized spacial score (nSPS) is 26.9. The van der Waals surface area contributed by atoms with E-state index in [1.807, 2.05) is 6.07 Å². The summed E-state index contributed by atoms with van der Waals surface area (Å²) >= 11 is 0. The van der Waals surface area contributed by atoms with Gasteiger partial charge in [0.1, 0.15) is 6.10 Å². The third-order valence-electron chi connectivity index (χ3n) is 2.18. The molecule has 1 aliphatic rings. The highest BCUT2D eigenvalue weighted by Gasteiger charge is 2.14. The first-order valence-corrected chi connectivity index (χ1v) is 4.99. The van der Waals surface area contributed by atoms with E-state index >= 15 is 0 Å². The van der Waals surface area contributed by atoms with Crippen molar-refractivity contribution in [2.24, 2.45) is 0 Å². The molecule has 1 fully saturated rings. The van der Waals surface area contributed by atoms with Crippen LogP contribution < -0.4 is 0 Å². The molecule has 0 aromatic heterocycles. The molecule has 0 spiro atoms. The Bertz CT molecular complexity index is 168. The van der Waals surface area contributed by atoms with Crippen LogP contribution in [0.1, 0.15) is 39.0 Å². The lowest BCUT2D eigenvalue weighted by molar-refractivity contribution is -0.162. The molecule has 2 atom stereocenters. The van der Waals surface area contributed by atoms with E-state index in [2.05, 4.69) is 0 Å². The Labute approximate surface area is 79.6 Å². The third-order valence-corrected chi connectivity index (χ3v) is 2.18. The molecular weight excluding hydrogens is 166 g/mol. The Morgan fingerprint density at radius 2 is 2.15 bits per heavy atom.